The molecular weight excluding hydrogens is 237 g/mol. The second kappa shape index (κ2) is 4.64. The number of oxime groups is 1. The highest BCUT2D eigenvalue weighted by Crippen LogP contribution is 2.30. The van der Waals surface area contributed by atoms with Crippen molar-refractivity contribution in [1.29, 1.82) is 0 Å². The molecule has 1 rings (SSSR count). The van der Waals surface area contributed by atoms with E-state index in [0.29, 0.717) is 0 Å². The quantitative estimate of drug-likeness (QED) is 0.370. The number of nitrogens with zero attached hydrogens (tertiary/aromatic N) is 3. The van der Waals surface area contributed by atoms with Crippen LogP contribution in [0.3, 0.4) is 0 Å². The summed E-state index contributed by atoms with van der Waals surface area (Å²) in [5.41, 5.74) is 4.74. The van der Waals surface area contributed by atoms with Gasteiger partial charge < -0.3 is 10.9 Å². The highest BCUT2D eigenvalue weighted by molar-refractivity contribution is 5.81. The van der Waals surface area contributed by atoms with Crippen LogP contribution in [0, 0.1) is 12.8 Å². The molecule has 3 N–H and O–H groups in total. The maximum atomic E-state index is 12.6. The fraction of sp³-hybridized carbons (Fsp3) is 0.556. The average molecular weight is 250 g/mol. The van der Waals surface area contributed by atoms with Gasteiger partial charge in [0.2, 0.25) is 0 Å². The smallest absolute Gasteiger partial charge is 0.409 e. The SMILES string of the molecule is Cc1cc(C(F)(F)F)n(CC(C)/C(N)=N/O)n1. The number of hydrogen-bond acceptors (Lipinski definition) is 3. The van der Waals surface area contributed by atoms with Gasteiger partial charge in [-0.1, -0.05) is 12.1 Å². The van der Waals surface area contributed by atoms with Gasteiger partial charge in [0, 0.05) is 5.92 Å². The molecule has 0 bridgehead atoms. The maximum Gasteiger partial charge on any atom is 0.433 e. The molecule has 1 aromatic rings. The monoisotopic (exact) mass is 250 g/mol. The molecule has 0 spiro atoms. The summed E-state index contributed by atoms with van der Waals surface area (Å²) in [6.45, 7) is 2.92. The summed E-state index contributed by atoms with van der Waals surface area (Å²) in [6, 6.07) is 0.957. The van der Waals surface area contributed by atoms with Crippen molar-refractivity contribution in [2.45, 2.75) is 26.6 Å². The molecule has 1 heterocycles. The topological polar surface area (TPSA) is 76.4 Å². The molecule has 0 amide bonds. The van der Waals surface area contributed by atoms with Gasteiger partial charge >= 0.3 is 6.18 Å². The Bertz CT molecular complexity index is 424. The Hall–Kier alpha value is -1.73. The molecule has 8 heteroatoms. The first-order chi connectivity index (χ1) is 7.75. The zero-order valence-corrected chi connectivity index (χ0v) is 9.36. The van der Waals surface area contributed by atoms with Crippen LogP contribution in [0.5, 0.6) is 0 Å². The molecule has 0 aromatic carbocycles. The lowest BCUT2D eigenvalue weighted by atomic mass is 10.1. The second-order valence-corrected chi connectivity index (χ2v) is 3.78. The van der Waals surface area contributed by atoms with E-state index in [1.807, 2.05) is 0 Å². The van der Waals surface area contributed by atoms with Crippen molar-refractivity contribution in [3.63, 3.8) is 0 Å². The molecular formula is C9H13F3N4O. The van der Waals surface area contributed by atoms with Crippen LogP contribution in [0.15, 0.2) is 11.2 Å². The minimum absolute atomic E-state index is 0.0986. The van der Waals surface area contributed by atoms with Crippen molar-refractivity contribution < 1.29 is 18.4 Å². The number of aromatic nitrogens is 2. The highest BCUT2D eigenvalue weighted by Gasteiger charge is 2.35. The van der Waals surface area contributed by atoms with Gasteiger partial charge in [0.05, 0.1) is 12.2 Å². The summed E-state index contributed by atoms with van der Waals surface area (Å²) in [6.07, 6.45) is -4.47. The van der Waals surface area contributed by atoms with E-state index in [-0.39, 0.29) is 18.1 Å². The highest BCUT2D eigenvalue weighted by atomic mass is 19.4. The third kappa shape index (κ3) is 3.11. The molecule has 1 aromatic heterocycles. The number of amidine groups is 1. The van der Waals surface area contributed by atoms with Crippen molar-refractivity contribution in [2.24, 2.45) is 16.8 Å². The van der Waals surface area contributed by atoms with Crippen molar-refractivity contribution in [1.82, 2.24) is 9.78 Å². The largest absolute Gasteiger partial charge is 0.433 e. The number of halogens is 3. The minimum Gasteiger partial charge on any atom is -0.409 e. The second-order valence-electron chi connectivity index (χ2n) is 3.78. The Balaban J connectivity index is 2.99. The zero-order chi connectivity index (χ0) is 13.2. The van der Waals surface area contributed by atoms with Crippen LogP contribution in [0.1, 0.15) is 18.3 Å². The van der Waals surface area contributed by atoms with E-state index < -0.39 is 17.8 Å². The Morgan fingerprint density at radius 3 is 2.71 bits per heavy atom. The number of hydrogen-bond donors (Lipinski definition) is 2. The average Bonchev–Trinajstić information content (AvgIpc) is 2.57. The molecule has 5 nitrogen and oxygen atoms in total. The molecule has 0 aliphatic rings. The lowest BCUT2D eigenvalue weighted by molar-refractivity contribution is -0.144. The summed E-state index contributed by atoms with van der Waals surface area (Å²) in [5, 5.41) is 14.9. The molecule has 0 fully saturated rings. The summed E-state index contributed by atoms with van der Waals surface area (Å²) in [5.74, 6) is -0.674. The predicted molar refractivity (Wildman–Crippen MR) is 54.5 cm³/mol. The van der Waals surface area contributed by atoms with E-state index in [1.54, 1.807) is 6.92 Å². The molecule has 1 unspecified atom stereocenters. The van der Waals surface area contributed by atoms with E-state index in [9.17, 15) is 13.2 Å². The van der Waals surface area contributed by atoms with Crippen LogP contribution in [0.2, 0.25) is 0 Å². The molecule has 0 saturated carbocycles. The first kappa shape index (κ1) is 13.3. The predicted octanol–water partition coefficient (Wildman–Crippen LogP) is 1.59. The first-order valence-corrected chi connectivity index (χ1v) is 4.84. The van der Waals surface area contributed by atoms with E-state index in [1.165, 1.54) is 6.92 Å². The maximum absolute atomic E-state index is 12.6. The summed E-state index contributed by atoms with van der Waals surface area (Å²) < 4.78 is 38.7. The van der Waals surface area contributed by atoms with Gasteiger partial charge in [0.25, 0.3) is 0 Å². The van der Waals surface area contributed by atoms with Gasteiger partial charge in [-0.2, -0.15) is 18.3 Å². The normalized spacial score (nSPS) is 15.0. The Labute approximate surface area is 95.7 Å². The Morgan fingerprint density at radius 1 is 1.65 bits per heavy atom. The van der Waals surface area contributed by atoms with Crippen LogP contribution in [0.25, 0.3) is 0 Å². The van der Waals surface area contributed by atoms with Gasteiger partial charge in [-0.15, -0.1) is 0 Å². The van der Waals surface area contributed by atoms with Crippen molar-refractivity contribution in [2.75, 3.05) is 0 Å². The number of nitrogens with two attached hydrogens (primary N) is 1. The molecule has 0 radical (unpaired) electrons. The standard InChI is InChI=1S/C9H13F3N4O/c1-5(8(13)15-17)4-16-7(9(10,11)12)3-6(2)14-16/h3,5,17H,4H2,1-2H3,(H2,13,15). The van der Waals surface area contributed by atoms with E-state index in [0.717, 1.165) is 10.7 Å². The third-order valence-corrected chi connectivity index (χ3v) is 2.26. The molecule has 96 valence electrons. The van der Waals surface area contributed by atoms with Gasteiger partial charge in [-0.3, -0.25) is 4.68 Å². The minimum atomic E-state index is -4.47. The number of aryl methyl sites for hydroxylation is 1. The van der Waals surface area contributed by atoms with Gasteiger partial charge in [0.15, 0.2) is 0 Å². The van der Waals surface area contributed by atoms with Crippen molar-refractivity contribution >= 4 is 5.84 Å². The number of rotatable bonds is 3. The summed E-state index contributed by atoms with van der Waals surface area (Å²) in [4.78, 5) is 0. The Kier molecular flexibility index (Phi) is 3.64. The fourth-order valence-electron chi connectivity index (χ4n) is 1.36. The van der Waals surface area contributed by atoms with E-state index in [4.69, 9.17) is 10.9 Å². The molecule has 0 aliphatic heterocycles. The summed E-state index contributed by atoms with van der Waals surface area (Å²) in [7, 11) is 0. The first-order valence-electron chi connectivity index (χ1n) is 4.84. The number of alkyl halides is 3. The lowest BCUT2D eigenvalue weighted by Crippen LogP contribution is -2.27. The summed E-state index contributed by atoms with van der Waals surface area (Å²) >= 11 is 0. The van der Waals surface area contributed by atoms with Crippen LogP contribution >= 0.6 is 0 Å². The van der Waals surface area contributed by atoms with Gasteiger partial charge in [0.1, 0.15) is 11.5 Å². The third-order valence-electron chi connectivity index (χ3n) is 2.26. The van der Waals surface area contributed by atoms with Crippen LogP contribution in [-0.4, -0.2) is 20.8 Å². The molecule has 17 heavy (non-hydrogen) atoms. The van der Waals surface area contributed by atoms with Crippen LogP contribution < -0.4 is 5.73 Å². The molecule has 0 aliphatic carbocycles. The molecule has 0 saturated heterocycles. The van der Waals surface area contributed by atoms with E-state index in [2.05, 4.69) is 10.3 Å². The lowest BCUT2D eigenvalue weighted by Gasteiger charge is -2.14. The molecule has 1 atom stereocenters. The van der Waals surface area contributed by atoms with Crippen LogP contribution in [-0.2, 0) is 12.7 Å². The van der Waals surface area contributed by atoms with Crippen LogP contribution in [0.4, 0.5) is 13.2 Å². The van der Waals surface area contributed by atoms with Gasteiger partial charge in [-0.25, -0.2) is 0 Å². The van der Waals surface area contributed by atoms with Crippen molar-refractivity contribution in [3.8, 4) is 0 Å². The van der Waals surface area contributed by atoms with Gasteiger partial charge in [-0.05, 0) is 13.0 Å². The van der Waals surface area contributed by atoms with Crippen molar-refractivity contribution in [3.05, 3.63) is 17.5 Å². The van der Waals surface area contributed by atoms with E-state index >= 15 is 0 Å². The fourth-order valence-corrected chi connectivity index (χ4v) is 1.36. The zero-order valence-electron chi connectivity index (χ0n) is 9.36. The Morgan fingerprint density at radius 2 is 2.24 bits per heavy atom.